The lowest BCUT2D eigenvalue weighted by molar-refractivity contribution is -0.137. The Labute approximate surface area is 157 Å². The first-order valence-corrected chi connectivity index (χ1v) is 9.32. The Kier molecular flexibility index (Phi) is 5.21. The number of alkyl halides is 3. The molecule has 3 heterocycles. The second-order valence-corrected chi connectivity index (χ2v) is 7.84. The third kappa shape index (κ3) is 3.55. The quantitative estimate of drug-likeness (QED) is 0.765. The van der Waals surface area contributed by atoms with E-state index in [1.807, 2.05) is 16.7 Å². The summed E-state index contributed by atoms with van der Waals surface area (Å²) in [5.41, 5.74) is -0.986. The zero-order chi connectivity index (χ0) is 19.1. The zero-order valence-corrected chi connectivity index (χ0v) is 15.6. The van der Waals surface area contributed by atoms with Crippen molar-refractivity contribution in [1.82, 2.24) is 14.8 Å². The fourth-order valence-corrected chi connectivity index (χ4v) is 4.08. The summed E-state index contributed by atoms with van der Waals surface area (Å²) < 4.78 is 38.8. The lowest BCUT2D eigenvalue weighted by atomic mass is 10.2. The molecule has 10 heteroatoms. The fraction of sp³-hybridized carbons (Fsp3) is 0.438. The van der Waals surface area contributed by atoms with Gasteiger partial charge in [-0.3, -0.25) is 4.79 Å². The molecule has 0 aliphatic carbocycles. The molecule has 0 amide bonds. The van der Waals surface area contributed by atoms with Gasteiger partial charge in [-0.25, -0.2) is 4.98 Å². The molecule has 2 aromatic rings. The number of anilines is 1. The van der Waals surface area contributed by atoms with Crippen molar-refractivity contribution in [1.29, 1.82) is 0 Å². The molecule has 5 nitrogen and oxygen atoms in total. The van der Waals surface area contributed by atoms with Crippen molar-refractivity contribution in [3.63, 3.8) is 0 Å². The van der Waals surface area contributed by atoms with E-state index in [2.05, 4.69) is 23.9 Å². The summed E-state index contributed by atoms with van der Waals surface area (Å²) in [4.78, 5) is 18.3. The third-order valence-electron chi connectivity index (χ3n) is 4.39. The highest BCUT2D eigenvalue weighted by Gasteiger charge is 2.31. The number of aromatic nitrogens is 3. The van der Waals surface area contributed by atoms with Crippen LogP contribution in [0.2, 0.25) is 5.02 Å². The predicted octanol–water partition coefficient (Wildman–Crippen LogP) is 3.63. The van der Waals surface area contributed by atoms with Crippen LogP contribution in [0.15, 0.2) is 29.3 Å². The van der Waals surface area contributed by atoms with Gasteiger partial charge in [0.25, 0.3) is 5.56 Å². The van der Waals surface area contributed by atoms with Gasteiger partial charge in [0, 0.05) is 29.8 Å². The van der Waals surface area contributed by atoms with Crippen LogP contribution in [0.1, 0.15) is 19.4 Å². The first-order chi connectivity index (χ1) is 12.2. The van der Waals surface area contributed by atoms with E-state index in [1.165, 1.54) is 6.20 Å². The maximum Gasteiger partial charge on any atom is 0.417 e. The van der Waals surface area contributed by atoms with Gasteiger partial charge >= 0.3 is 6.18 Å². The SMILES string of the molecule is CC1SCCN(c2cnn(-c3ccc(C(F)(F)F)cn3)c(=O)c2Cl)C1C. The second-order valence-electron chi connectivity index (χ2n) is 5.97. The van der Waals surface area contributed by atoms with Gasteiger partial charge in [-0.2, -0.15) is 34.7 Å². The molecular formula is C16H16ClF3N4OS. The first kappa shape index (κ1) is 19.0. The average Bonchev–Trinajstić information content (AvgIpc) is 2.59. The third-order valence-corrected chi connectivity index (χ3v) is 6.08. The van der Waals surface area contributed by atoms with E-state index in [9.17, 15) is 18.0 Å². The highest BCUT2D eigenvalue weighted by atomic mass is 35.5. The highest BCUT2D eigenvalue weighted by Crippen LogP contribution is 2.32. The number of thioether (sulfide) groups is 1. The maximum absolute atomic E-state index is 12.6. The van der Waals surface area contributed by atoms with Crippen LogP contribution < -0.4 is 10.5 Å². The van der Waals surface area contributed by atoms with Gasteiger partial charge < -0.3 is 4.90 Å². The number of nitrogens with zero attached hydrogens (tertiary/aromatic N) is 4. The summed E-state index contributed by atoms with van der Waals surface area (Å²) in [5, 5.41) is 4.42. The molecule has 2 atom stereocenters. The molecule has 0 radical (unpaired) electrons. The smallest absolute Gasteiger partial charge is 0.364 e. The van der Waals surface area contributed by atoms with Crippen LogP contribution >= 0.6 is 23.4 Å². The summed E-state index contributed by atoms with van der Waals surface area (Å²) in [7, 11) is 0. The monoisotopic (exact) mass is 404 g/mol. The number of hydrogen-bond acceptors (Lipinski definition) is 5. The van der Waals surface area contributed by atoms with Gasteiger partial charge in [-0.15, -0.1) is 0 Å². The number of hydrogen-bond donors (Lipinski definition) is 0. The van der Waals surface area contributed by atoms with Gasteiger partial charge in [0.1, 0.15) is 5.02 Å². The number of halogens is 4. The first-order valence-electron chi connectivity index (χ1n) is 7.90. The fourth-order valence-electron chi connectivity index (χ4n) is 2.74. The van der Waals surface area contributed by atoms with Crippen molar-refractivity contribution in [2.75, 3.05) is 17.2 Å². The van der Waals surface area contributed by atoms with Crippen molar-refractivity contribution in [2.45, 2.75) is 31.3 Å². The molecule has 0 bridgehead atoms. The Balaban J connectivity index is 1.96. The van der Waals surface area contributed by atoms with Gasteiger partial charge in [0.05, 0.1) is 17.4 Å². The minimum absolute atomic E-state index is 0.0207. The largest absolute Gasteiger partial charge is 0.417 e. The van der Waals surface area contributed by atoms with E-state index in [0.29, 0.717) is 17.1 Å². The molecule has 0 N–H and O–H groups in total. The highest BCUT2D eigenvalue weighted by molar-refractivity contribution is 8.00. The second kappa shape index (κ2) is 7.11. The number of pyridine rings is 1. The zero-order valence-electron chi connectivity index (χ0n) is 14.0. The van der Waals surface area contributed by atoms with Gasteiger partial charge in [-0.1, -0.05) is 18.5 Å². The van der Waals surface area contributed by atoms with Crippen LogP contribution in [-0.2, 0) is 6.18 Å². The van der Waals surface area contributed by atoms with Gasteiger partial charge in [0.2, 0.25) is 0 Å². The Hall–Kier alpha value is -1.74. The van der Waals surface area contributed by atoms with Crippen LogP contribution in [0.4, 0.5) is 18.9 Å². The summed E-state index contributed by atoms with van der Waals surface area (Å²) >= 11 is 8.12. The van der Waals surface area contributed by atoms with E-state index in [4.69, 9.17) is 11.6 Å². The van der Waals surface area contributed by atoms with E-state index in [-0.39, 0.29) is 16.9 Å². The standard InChI is InChI=1S/C16H16ClF3N4OS/c1-9-10(2)26-6-5-23(9)12-8-22-24(15(25)14(12)17)13-4-3-11(7-21-13)16(18,19)20/h3-4,7-10H,5-6H2,1-2H3. The van der Waals surface area contributed by atoms with Crippen LogP contribution in [-0.4, -0.2) is 38.4 Å². The van der Waals surface area contributed by atoms with Crippen LogP contribution in [0.25, 0.3) is 5.82 Å². The minimum Gasteiger partial charge on any atom is -0.364 e. The maximum atomic E-state index is 12.6. The van der Waals surface area contributed by atoms with E-state index in [1.54, 1.807) is 0 Å². The Morgan fingerprint density at radius 1 is 1.27 bits per heavy atom. The van der Waals surface area contributed by atoms with Crippen LogP contribution in [0.5, 0.6) is 0 Å². The van der Waals surface area contributed by atoms with Crippen LogP contribution in [0.3, 0.4) is 0 Å². The summed E-state index contributed by atoms with van der Waals surface area (Å²) in [5.74, 6) is 0.887. The van der Waals surface area contributed by atoms with Crippen LogP contribution in [0, 0.1) is 0 Å². The van der Waals surface area contributed by atoms with Gasteiger partial charge in [0.15, 0.2) is 5.82 Å². The molecular weight excluding hydrogens is 389 g/mol. The van der Waals surface area contributed by atoms with Crippen molar-refractivity contribution < 1.29 is 13.2 Å². The molecule has 1 aliphatic heterocycles. The normalized spacial score (nSPS) is 21.1. The number of rotatable bonds is 2. The summed E-state index contributed by atoms with van der Waals surface area (Å²) in [6.07, 6.45) is -2.37. The molecule has 3 rings (SSSR count). The Bertz CT molecular complexity index is 856. The lowest BCUT2D eigenvalue weighted by Crippen LogP contribution is -2.45. The topological polar surface area (TPSA) is 51.0 Å². The molecule has 2 aromatic heterocycles. The van der Waals surface area contributed by atoms with E-state index < -0.39 is 17.3 Å². The Morgan fingerprint density at radius 2 is 2.00 bits per heavy atom. The summed E-state index contributed by atoms with van der Waals surface area (Å²) in [6, 6.07) is 2.12. The molecule has 26 heavy (non-hydrogen) atoms. The Morgan fingerprint density at radius 3 is 2.62 bits per heavy atom. The van der Waals surface area contributed by atoms with Gasteiger partial charge in [-0.05, 0) is 19.1 Å². The molecule has 2 unspecified atom stereocenters. The molecule has 140 valence electrons. The van der Waals surface area contributed by atoms with Crippen molar-refractivity contribution in [3.05, 3.63) is 45.5 Å². The molecule has 0 saturated carbocycles. The van der Waals surface area contributed by atoms with E-state index >= 15 is 0 Å². The average molecular weight is 405 g/mol. The molecule has 0 spiro atoms. The van der Waals surface area contributed by atoms with E-state index in [0.717, 1.165) is 29.1 Å². The van der Waals surface area contributed by atoms with Crippen molar-refractivity contribution in [2.24, 2.45) is 0 Å². The lowest BCUT2D eigenvalue weighted by Gasteiger charge is -2.39. The van der Waals surface area contributed by atoms with Crippen molar-refractivity contribution >= 4 is 29.1 Å². The predicted molar refractivity (Wildman–Crippen MR) is 96.4 cm³/mol. The van der Waals surface area contributed by atoms with Crippen molar-refractivity contribution in [3.8, 4) is 5.82 Å². The molecule has 1 fully saturated rings. The molecule has 1 saturated heterocycles. The molecule has 1 aliphatic rings. The minimum atomic E-state index is -4.50. The molecule has 0 aromatic carbocycles. The summed E-state index contributed by atoms with van der Waals surface area (Å²) in [6.45, 7) is 4.89.